The van der Waals surface area contributed by atoms with Crippen LogP contribution in [0.15, 0.2) is 104 Å². The average molecular weight is 703 g/mol. The molecule has 0 heterocycles. The van der Waals surface area contributed by atoms with Crippen molar-refractivity contribution in [2.45, 2.75) is 23.3 Å². The molecular formula is C31H29BrClN3O5S2. The maximum Gasteiger partial charge on any atom is 0.264 e. The number of methoxy groups -OCH3 is 1. The molecule has 8 nitrogen and oxygen atoms in total. The second-order valence-corrected chi connectivity index (χ2v) is 13.3. The van der Waals surface area contributed by atoms with E-state index in [1.807, 2.05) is 25.3 Å². The fourth-order valence-electron chi connectivity index (χ4n) is 3.94. The van der Waals surface area contributed by atoms with Gasteiger partial charge in [0.25, 0.3) is 15.9 Å². The van der Waals surface area contributed by atoms with Gasteiger partial charge in [0.15, 0.2) is 11.5 Å². The van der Waals surface area contributed by atoms with Crippen LogP contribution in [0.5, 0.6) is 11.5 Å². The maximum atomic E-state index is 13.6. The summed E-state index contributed by atoms with van der Waals surface area (Å²) in [6.45, 7) is 1.73. The normalized spacial score (nSPS) is 11.4. The van der Waals surface area contributed by atoms with Crippen molar-refractivity contribution in [1.82, 2.24) is 5.43 Å². The van der Waals surface area contributed by atoms with Crippen molar-refractivity contribution in [3.63, 3.8) is 0 Å². The summed E-state index contributed by atoms with van der Waals surface area (Å²) in [5, 5.41) is 4.69. The summed E-state index contributed by atoms with van der Waals surface area (Å²) in [6, 6.07) is 24.2. The molecule has 1 N–H and O–H groups in total. The lowest BCUT2D eigenvalue weighted by Crippen LogP contribution is -2.39. The van der Waals surface area contributed by atoms with E-state index in [-0.39, 0.29) is 4.90 Å². The van der Waals surface area contributed by atoms with Gasteiger partial charge < -0.3 is 9.47 Å². The summed E-state index contributed by atoms with van der Waals surface area (Å²) >= 11 is 11.0. The van der Waals surface area contributed by atoms with E-state index in [0.717, 1.165) is 20.3 Å². The highest BCUT2D eigenvalue weighted by Crippen LogP contribution is 2.37. The van der Waals surface area contributed by atoms with Crippen molar-refractivity contribution < 1.29 is 22.7 Å². The quantitative estimate of drug-likeness (QED) is 0.0965. The van der Waals surface area contributed by atoms with Crippen molar-refractivity contribution in [1.29, 1.82) is 0 Å². The van der Waals surface area contributed by atoms with Crippen LogP contribution in [0.3, 0.4) is 0 Å². The highest BCUT2D eigenvalue weighted by Gasteiger charge is 2.27. The number of benzene rings is 4. The monoisotopic (exact) mass is 701 g/mol. The van der Waals surface area contributed by atoms with E-state index in [4.69, 9.17) is 21.1 Å². The van der Waals surface area contributed by atoms with E-state index in [1.54, 1.807) is 60.7 Å². The number of rotatable bonds is 12. The number of amides is 1. The smallest absolute Gasteiger partial charge is 0.264 e. The number of carbonyl (C=O) groups is 1. The van der Waals surface area contributed by atoms with Crippen LogP contribution in [0.2, 0.25) is 5.02 Å². The van der Waals surface area contributed by atoms with Crippen LogP contribution in [-0.4, -0.2) is 40.4 Å². The predicted molar refractivity (Wildman–Crippen MR) is 176 cm³/mol. The molecule has 4 aromatic carbocycles. The molecule has 0 fully saturated rings. The summed E-state index contributed by atoms with van der Waals surface area (Å²) < 4.78 is 40.4. The van der Waals surface area contributed by atoms with Gasteiger partial charge in [0, 0.05) is 9.92 Å². The van der Waals surface area contributed by atoms with Crippen molar-refractivity contribution in [3.8, 4) is 11.5 Å². The van der Waals surface area contributed by atoms with Gasteiger partial charge >= 0.3 is 0 Å². The lowest BCUT2D eigenvalue weighted by Gasteiger charge is -2.24. The van der Waals surface area contributed by atoms with Crippen LogP contribution in [0, 0.1) is 6.92 Å². The van der Waals surface area contributed by atoms with Crippen LogP contribution in [-0.2, 0) is 21.4 Å². The zero-order chi connectivity index (χ0) is 31.0. The molecule has 0 atom stereocenters. The third-order valence-corrected chi connectivity index (χ3v) is 9.58. The number of thioether (sulfide) groups is 1. The summed E-state index contributed by atoms with van der Waals surface area (Å²) in [4.78, 5) is 14.0. The molecule has 0 saturated heterocycles. The number of nitrogens with zero attached hydrogens (tertiary/aromatic N) is 2. The molecule has 0 unspecified atom stereocenters. The van der Waals surface area contributed by atoms with Crippen molar-refractivity contribution in [2.75, 3.05) is 24.2 Å². The standard InChI is InChI=1S/C31H29BrClN3O5S2/c1-21-4-10-25(11-5-21)36(43(38,39)27-14-12-26(42-3)13-15-27)19-30(37)35-34-18-23-16-28(32)31(29(17-23)40-2)41-20-22-6-8-24(33)9-7-22/h4-18H,19-20H2,1-3H3,(H,35,37)/b34-18-. The minimum atomic E-state index is -4.04. The molecule has 0 aliphatic rings. The molecule has 0 aromatic heterocycles. The minimum absolute atomic E-state index is 0.0810. The van der Waals surface area contributed by atoms with Gasteiger partial charge in [-0.05, 0) is 101 Å². The Morgan fingerprint density at radius 1 is 1.05 bits per heavy atom. The number of anilines is 1. The number of hydrazone groups is 1. The molecule has 0 saturated carbocycles. The van der Waals surface area contributed by atoms with Gasteiger partial charge in [-0.1, -0.05) is 41.4 Å². The Kier molecular flexibility index (Phi) is 11.1. The number of ether oxygens (including phenoxy) is 2. The first kappa shape index (κ1) is 32.4. The number of aryl methyl sites for hydroxylation is 1. The van der Waals surface area contributed by atoms with Crippen molar-refractivity contribution in [3.05, 3.63) is 111 Å². The summed E-state index contributed by atoms with van der Waals surface area (Å²) in [5.41, 5.74) is 5.30. The van der Waals surface area contributed by atoms with Crippen molar-refractivity contribution >= 4 is 67.1 Å². The number of hydrogen-bond acceptors (Lipinski definition) is 7. The molecule has 0 bridgehead atoms. The largest absolute Gasteiger partial charge is 0.493 e. The Bertz CT molecular complexity index is 1700. The van der Waals surface area contributed by atoms with Crippen LogP contribution < -0.4 is 19.2 Å². The number of halogens is 2. The number of sulfonamides is 1. The van der Waals surface area contributed by atoms with Gasteiger partial charge in [0.05, 0.1) is 28.4 Å². The van der Waals surface area contributed by atoms with Gasteiger partial charge in [0.1, 0.15) is 13.2 Å². The molecule has 12 heteroatoms. The molecule has 0 aliphatic carbocycles. The van der Waals surface area contributed by atoms with Gasteiger partial charge in [0.2, 0.25) is 0 Å². The lowest BCUT2D eigenvalue weighted by atomic mass is 10.2. The predicted octanol–water partition coefficient (Wildman–Crippen LogP) is 7.07. The fraction of sp³-hybridized carbons (Fsp3) is 0.161. The Balaban J connectivity index is 1.48. The van der Waals surface area contributed by atoms with Gasteiger partial charge in [-0.15, -0.1) is 11.8 Å². The zero-order valence-corrected chi connectivity index (χ0v) is 27.6. The third-order valence-electron chi connectivity index (χ3n) is 6.21. The molecular weight excluding hydrogens is 674 g/mol. The summed E-state index contributed by atoms with van der Waals surface area (Å²) in [6.07, 6.45) is 3.34. The van der Waals surface area contributed by atoms with Crippen molar-refractivity contribution in [2.24, 2.45) is 5.10 Å². The highest BCUT2D eigenvalue weighted by atomic mass is 79.9. The fourth-order valence-corrected chi connectivity index (χ4v) is 6.47. The van der Waals surface area contributed by atoms with Gasteiger partial charge in [-0.2, -0.15) is 5.10 Å². The van der Waals surface area contributed by atoms with Crippen LogP contribution in [0.4, 0.5) is 5.69 Å². The first-order valence-corrected chi connectivity index (χ1v) is 16.7. The van der Waals surface area contributed by atoms with E-state index in [9.17, 15) is 13.2 Å². The van der Waals surface area contributed by atoms with Crippen LogP contribution >= 0.6 is 39.3 Å². The number of hydrogen-bond donors (Lipinski definition) is 1. The van der Waals surface area contributed by atoms with E-state index < -0.39 is 22.5 Å². The number of nitrogens with one attached hydrogen (secondary N) is 1. The van der Waals surface area contributed by atoms with Crippen LogP contribution in [0.1, 0.15) is 16.7 Å². The highest BCUT2D eigenvalue weighted by molar-refractivity contribution is 9.10. The van der Waals surface area contributed by atoms with Gasteiger partial charge in [-0.3, -0.25) is 9.10 Å². The number of carbonyl (C=O) groups excluding carboxylic acids is 1. The van der Waals surface area contributed by atoms with Crippen LogP contribution in [0.25, 0.3) is 0 Å². The molecule has 43 heavy (non-hydrogen) atoms. The zero-order valence-electron chi connectivity index (χ0n) is 23.6. The molecule has 0 spiro atoms. The molecule has 4 aromatic rings. The molecule has 1 amide bonds. The summed E-state index contributed by atoms with van der Waals surface area (Å²) in [7, 11) is -2.52. The molecule has 0 radical (unpaired) electrons. The SMILES string of the molecule is COc1cc(/C=N\NC(=O)CN(c2ccc(C)cc2)S(=O)(=O)c2ccc(SC)cc2)cc(Br)c1OCc1ccc(Cl)cc1. The van der Waals surface area contributed by atoms with E-state index in [0.29, 0.717) is 38.9 Å². The second kappa shape index (κ2) is 14.8. The van der Waals surface area contributed by atoms with E-state index >= 15 is 0 Å². The lowest BCUT2D eigenvalue weighted by molar-refractivity contribution is -0.119. The Labute approximate surface area is 269 Å². The third kappa shape index (κ3) is 8.54. The average Bonchev–Trinajstić information content (AvgIpc) is 3.00. The maximum absolute atomic E-state index is 13.6. The topological polar surface area (TPSA) is 97.3 Å². The Morgan fingerprint density at radius 3 is 2.35 bits per heavy atom. The Hall–Kier alpha value is -3.51. The van der Waals surface area contributed by atoms with E-state index in [1.165, 1.54) is 37.2 Å². The van der Waals surface area contributed by atoms with E-state index in [2.05, 4.69) is 26.5 Å². The molecule has 4 rings (SSSR count). The Morgan fingerprint density at radius 2 is 1.72 bits per heavy atom. The second-order valence-electron chi connectivity index (χ2n) is 9.27. The molecule has 224 valence electrons. The summed E-state index contributed by atoms with van der Waals surface area (Å²) in [5.74, 6) is 0.346. The first-order valence-electron chi connectivity index (χ1n) is 12.9. The minimum Gasteiger partial charge on any atom is -0.493 e. The molecule has 0 aliphatic heterocycles. The first-order chi connectivity index (χ1) is 20.6. The van der Waals surface area contributed by atoms with Gasteiger partial charge in [-0.25, -0.2) is 13.8 Å².